The number of carbonyl (C=O) groups is 1. The molecular weight excluding hydrogens is 254 g/mol. The van der Waals surface area contributed by atoms with Crippen LogP contribution in [-0.2, 0) is 14.6 Å². The normalized spacial score (nSPS) is 34.1. The Bertz CT molecular complexity index is 417. The number of nitrogens with one attached hydrogen (secondary N) is 1. The molecule has 2 fully saturated rings. The van der Waals surface area contributed by atoms with Crippen molar-refractivity contribution in [1.29, 1.82) is 0 Å². The molecule has 104 valence electrons. The van der Waals surface area contributed by atoms with Gasteiger partial charge in [0.1, 0.15) is 5.60 Å². The van der Waals surface area contributed by atoms with Crippen LogP contribution in [0.1, 0.15) is 46.5 Å². The van der Waals surface area contributed by atoms with E-state index in [1.165, 1.54) is 0 Å². The Balaban J connectivity index is 1.93. The molecule has 0 saturated carbocycles. The minimum atomic E-state index is -2.93. The summed E-state index contributed by atoms with van der Waals surface area (Å²) in [5, 5.41) is 2.25. The lowest BCUT2D eigenvalue weighted by Gasteiger charge is -2.29. The van der Waals surface area contributed by atoms with Gasteiger partial charge in [-0.2, -0.15) is 0 Å². The Morgan fingerprint density at radius 1 is 1.17 bits per heavy atom. The second kappa shape index (κ2) is 4.40. The van der Waals surface area contributed by atoms with Crippen LogP contribution < -0.4 is 5.32 Å². The molecule has 2 heterocycles. The van der Waals surface area contributed by atoms with Gasteiger partial charge in [0.15, 0.2) is 9.84 Å². The molecule has 1 N–H and O–H groups in total. The molecule has 2 unspecified atom stereocenters. The van der Waals surface area contributed by atoms with Crippen molar-refractivity contribution in [1.82, 2.24) is 5.32 Å². The summed E-state index contributed by atoms with van der Waals surface area (Å²) in [4.78, 5) is 11.6. The van der Waals surface area contributed by atoms with Crippen LogP contribution in [-0.4, -0.2) is 36.7 Å². The number of hydrogen-bond acceptors (Lipinski definition) is 4. The van der Waals surface area contributed by atoms with Crippen LogP contribution in [0.4, 0.5) is 4.79 Å². The van der Waals surface area contributed by atoms with Gasteiger partial charge in [0.05, 0.1) is 10.5 Å². The lowest BCUT2D eigenvalue weighted by atomic mass is 10.1. The van der Waals surface area contributed by atoms with Crippen molar-refractivity contribution in [3.05, 3.63) is 0 Å². The van der Waals surface area contributed by atoms with E-state index in [0.717, 1.165) is 12.8 Å². The molecule has 1 amide bonds. The summed E-state index contributed by atoms with van der Waals surface area (Å²) in [6, 6.07) is -0.0686. The molecule has 2 saturated heterocycles. The maximum atomic E-state index is 11.9. The largest absolute Gasteiger partial charge is 0.444 e. The highest BCUT2D eigenvalue weighted by atomic mass is 32.2. The first-order valence-corrected chi connectivity index (χ1v) is 8.01. The summed E-state index contributed by atoms with van der Waals surface area (Å²) < 4.78 is 29.0. The first-order chi connectivity index (χ1) is 8.18. The summed E-state index contributed by atoms with van der Waals surface area (Å²) >= 11 is 0. The topological polar surface area (TPSA) is 72.5 Å². The number of fused-ring (bicyclic) bond motifs is 2. The molecule has 0 aliphatic carbocycles. The third kappa shape index (κ3) is 2.79. The molecule has 0 radical (unpaired) electrons. The minimum absolute atomic E-state index is 0.0686. The molecular formula is C12H21NO4S. The quantitative estimate of drug-likeness (QED) is 0.789. The molecule has 0 aromatic carbocycles. The van der Waals surface area contributed by atoms with Crippen LogP contribution in [0.3, 0.4) is 0 Å². The lowest BCUT2D eigenvalue weighted by molar-refractivity contribution is 0.0498. The Morgan fingerprint density at radius 3 is 2.11 bits per heavy atom. The van der Waals surface area contributed by atoms with E-state index >= 15 is 0 Å². The Kier molecular flexibility index (Phi) is 3.34. The van der Waals surface area contributed by atoms with Crippen molar-refractivity contribution in [3.63, 3.8) is 0 Å². The van der Waals surface area contributed by atoms with Gasteiger partial charge in [0.25, 0.3) is 0 Å². The summed E-state index contributed by atoms with van der Waals surface area (Å²) in [5.74, 6) is 0. The maximum absolute atomic E-state index is 11.9. The van der Waals surface area contributed by atoms with Crippen molar-refractivity contribution in [2.24, 2.45) is 0 Å². The van der Waals surface area contributed by atoms with Crippen molar-refractivity contribution in [2.75, 3.05) is 0 Å². The van der Waals surface area contributed by atoms with Gasteiger partial charge in [-0.05, 0) is 46.5 Å². The van der Waals surface area contributed by atoms with E-state index in [1.807, 2.05) is 20.8 Å². The Labute approximate surface area is 108 Å². The number of hydrogen-bond donors (Lipinski definition) is 1. The first kappa shape index (κ1) is 13.6. The van der Waals surface area contributed by atoms with Crippen molar-refractivity contribution in [2.45, 2.75) is 68.6 Å². The van der Waals surface area contributed by atoms with Gasteiger partial charge in [0.2, 0.25) is 0 Å². The van der Waals surface area contributed by atoms with Gasteiger partial charge in [-0.15, -0.1) is 0 Å². The average Bonchev–Trinajstić information content (AvgIpc) is 2.37. The number of ether oxygens (including phenoxy) is 1. The zero-order valence-electron chi connectivity index (χ0n) is 11.1. The van der Waals surface area contributed by atoms with Gasteiger partial charge >= 0.3 is 6.09 Å². The van der Waals surface area contributed by atoms with Gasteiger partial charge in [-0.1, -0.05) is 0 Å². The van der Waals surface area contributed by atoms with Crippen LogP contribution in [0.25, 0.3) is 0 Å². The predicted octanol–water partition coefficient (Wildman–Crippen LogP) is 1.62. The fourth-order valence-corrected chi connectivity index (χ4v) is 5.27. The molecule has 5 nitrogen and oxygen atoms in total. The summed E-state index contributed by atoms with van der Waals surface area (Å²) in [5.41, 5.74) is -0.524. The van der Waals surface area contributed by atoms with E-state index in [2.05, 4.69) is 5.32 Å². The van der Waals surface area contributed by atoms with Gasteiger partial charge in [0, 0.05) is 6.04 Å². The standard InChI is InChI=1S/C12H21NO4S/c1-12(2,3)17-11(14)13-8-6-9-4-5-10(7-8)18(9,15)16/h8-10H,4-7H2,1-3H3,(H,13,14). The Hall–Kier alpha value is -0.780. The third-order valence-corrected chi connectivity index (χ3v) is 6.27. The number of carbonyl (C=O) groups excluding carboxylic acids is 1. The molecule has 2 aliphatic rings. The predicted molar refractivity (Wildman–Crippen MR) is 68.1 cm³/mol. The van der Waals surface area contributed by atoms with E-state index in [0.29, 0.717) is 12.8 Å². The van der Waals surface area contributed by atoms with Crippen LogP contribution in [0.15, 0.2) is 0 Å². The molecule has 0 aromatic heterocycles. The third-order valence-electron chi connectivity index (χ3n) is 3.56. The van der Waals surface area contributed by atoms with Crippen molar-refractivity contribution >= 4 is 15.9 Å². The zero-order valence-corrected chi connectivity index (χ0v) is 11.9. The van der Waals surface area contributed by atoms with Crippen LogP contribution in [0, 0.1) is 0 Å². The monoisotopic (exact) mass is 275 g/mol. The molecule has 6 heteroatoms. The number of alkyl carbamates (subject to hydrolysis) is 1. The van der Waals surface area contributed by atoms with E-state index in [1.54, 1.807) is 0 Å². The highest BCUT2D eigenvalue weighted by Crippen LogP contribution is 2.38. The zero-order chi connectivity index (χ0) is 13.6. The van der Waals surface area contributed by atoms with E-state index in [-0.39, 0.29) is 16.5 Å². The van der Waals surface area contributed by atoms with Crippen LogP contribution >= 0.6 is 0 Å². The van der Waals surface area contributed by atoms with E-state index in [4.69, 9.17) is 4.74 Å². The highest BCUT2D eigenvalue weighted by Gasteiger charge is 2.47. The lowest BCUT2D eigenvalue weighted by Crippen LogP contribution is -2.46. The minimum Gasteiger partial charge on any atom is -0.444 e. The second-order valence-electron chi connectivity index (χ2n) is 6.22. The average molecular weight is 275 g/mol. The fourth-order valence-electron chi connectivity index (χ4n) is 2.80. The Morgan fingerprint density at radius 2 is 1.67 bits per heavy atom. The number of sulfone groups is 1. The van der Waals surface area contributed by atoms with Crippen LogP contribution in [0.2, 0.25) is 0 Å². The SMILES string of the molecule is CC(C)(C)OC(=O)NC1CC2CCC(C1)S2(=O)=O. The number of amides is 1. The number of rotatable bonds is 1. The highest BCUT2D eigenvalue weighted by molar-refractivity contribution is 7.93. The summed E-state index contributed by atoms with van der Waals surface area (Å²) in [6.45, 7) is 5.42. The maximum Gasteiger partial charge on any atom is 0.407 e. The second-order valence-corrected chi connectivity index (χ2v) is 8.74. The van der Waals surface area contributed by atoms with Crippen molar-refractivity contribution < 1.29 is 17.9 Å². The van der Waals surface area contributed by atoms with E-state index in [9.17, 15) is 13.2 Å². The van der Waals surface area contributed by atoms with Crippen LogP contribution in [0.5, 0.6) is 0 Å². The molecule has 2 aliphatic heterocycles. The fraction of sp³-hybridized carbons (Fsp3) is 0.917. The smallest absolute Gasteiger partial charge is 0.407 e. The summed E-state index contributed by atoms with van der Waals surface area (Å²) in [6.07, 6.45) is 2.07. The molecule has 2 bridgehead atoms. The van der Waals surface area contributed by atoms with Gasteiger partial charge in [-0.3, -0.25) is 0 Å². The molecule has 2 rings (SSSR count). The van der Waals surface area contributed by atoms with E-state index < -0.39 is 21.5 Å². The summed E-state index contributed by atoms with van der Waals surface area (Å²) in [7, 11) is -2.93. The first-order valence-electron chi connectivity index (χ1n) is 6.41. The molecule has 18 heavy (non-hydrogen) atoms. The molecule has 2 atom stereocenters. The van der Waals surface area contributed by atoms with Gasteiger partial charge < -0.3 is 10.1 Å². The van der Waals surface area contributed by atoms with Crippen molar-refractivity contribution in [3.8, 4) is 0 Å². The molecule has 0 aromatic rings. The molecule has 0 spiro atoms. The van der Waals surface area contributed by atoms with Gasteiger partial charge in [-0.25, -0.2) is 13.2 Å².